The Balaban J connectivity index is 1.65. The lowest BCUT2D eigenvalue weighted by Crippen LogP contribution is -2.51. The van der Waals surface area contributed by atoms with Gasteiger partial charge in [-0.2, -0.15) is 0 Å². The number of para-hydroxylation sites is 1. The van der Waals surface area contributed by atoms with Gasteiger partial charge < -0.3 is 24.5 Å². The number of hydrogen-bond acceptors (Lipinski definition) is 4. The SMILES string of the molecule is CC(C)c1c(C(=O)Nc2ccccc2)c(-c2ccccc2)c(-c2ccc(F)cc2)n1CCC1CC(C(C(=O)O)C(C)(C)C)OC(C)(C)O1. The Morgan fingerprint density at radius 3 is 2.10 bits per heavy atom. The van der Waals surface area contributed by atoms with Crippen molar-refractivity contribution in [1.82, 2.24) is 4.57 Å². The van der Waals surface area contributed by atoms with Crippen molar-refractivity contribution in [3.05, 3.63) is 102 Å². The lowest BCUT2D eigenvalue weighted by atomic mass is 9.75. The number of hydrogen-bond donors (Lipinski definition) is 2. The number of anilines is 1. The molecule has 4 aromatic rings. The molecular formula is C40H47FN2O5. The number of carbonyl (C=O) groups excluding carboxylic acids is 1. The second kappa shape index (κ2) is 14.1. The third-order valence-electron chi connectivity index (χ3n) is 8.92. The number of carbonyl (C=O) groups is 2. The summed E-state index contributed by atoms with van der Waals surface area (Å²) in [5.41, 5.74) is 4.79. The van der Waals surface area contributed by atoms with Crippen molar-refractivity contribution in [1.29, 1.82) is 0 Å². The van der Waals surface area contributed by atoms with Gasteiger partial charge in [0.1, 0.15) is 5.82 Å². The predicted octanol–water partition coefficient (Wildman–Crippen LogP) is 9.38. The number of benzene rings is 3. The van der Waals surface area contributed by atoms with Crippen LogP contribution < -0.4 is 5.32 Å². The first kappa shape index (κ1) is 35.0. The molecule has 3 atom stereocenters. The van der Waals surface area contributed by atoms with Crippen molar-refractivity contribution in [2.45, 2.75) is 91.8 Å². The normalized spacial score (nSPS) is 18.4. The third kappa shape index (κ3) is 7.71. The van der Waals surface area contributed by atoms with Crippen LogP contribution in [0.2, 0.25) is 0 Å². The molecule has 3 unspecified atom stereocenters. The van der Waals surface area contributed by atoms with E-state index in [2.05, 4.69) is 23.7 Å². The molecule has 0 saturated carbocycles. The Morgan fingerprint density at radius 2 is 1.54 bits per heavy atom. The molecule has 2 N–H and O–H groups in total. The zero-order valence-electron chi connectivity index (χ0n) is 28.9. The number of carboxylic acids is 1. The van der Waals surface area contributed by atoms with Crippen molar-refractivity contribution < 1.29 is 28.6 Å². The molecule has 8 heteroatoms. The van der Waals surface area contributed by atoms with E-state index in [9.17, 15) is 19.1 Å². The van der Waals surface area contributed by atoms with Crippen LogP contribution in [0.3, 0.4) is 0 Å². The van der Waals surface area contributed by atoms with Gasteiger partial charge in [0.2, 0.25) is 0 Å². The number of aromatic nitrogens is 1. The molecule has 7 nitrogen and oxygen atoms in total. The molecule has 0 spiro atoms. The van der Waals surface area contributed by atoms with Gasteiger partial charge in [0.05, 0.1) is 29.4 Å². The summed E-state index contributed by atoms with van der Waals surface area (Å²) < 4.78 is 29.1. The van der Waals surface area contributed by atoms with E-state index in [1.54, 1.807) is 12.1 Å². The number of nitrogens with zero attached hydrogens (tertiary/aromatic N) is 1. The first-order valence-electron chi connectivity index (χ1n) is 16.7. The molecule has 1 aromatic heterocycles. The summed E-state index contributed by atoms with van der Waals surface area (Å²) >= 11 is 0. The van der Waals surface area contributed by atoms with E-state index in [1.807, 2.05) is 95.3 Å². The van der Waals surface area contributed by atoms with Crippen molar-refractivity contribution in [2.75, 3.05) is 5.32 Å². The maximum atomic E-state index is 14.4. The molecule has 1 fully saturated rings. The number of ether oxygens (including phenoxy) is 2. The van der Waals surface area contributed by atoms with Gasteiger partial charge in [-0.25, -0.2) is 4.39 Å². The standard InChI is InChI=1S/C40H47FN2O5/c1-25(2)35-33(37(44)42-29-16-12-9-13-17-29)32(26-14-10-8-11-15-26)36(27-18-20-28(41)21-19-27)43(35)23-22-30-24-31(48-40(6,7)47-30)34(38(45)46)39(3,4)5/h8-21,25,30-31,34H,22-24H2,1-7H3,(H,42,44)(H,45,46). The highest BCUT2D eigenvalue weighted by Crippen LogP contribution is 2.44. The lowest BCUT2D eigenvalue weighted by molar-refractivity contribution is -0.312. The smallest absolute Gasteiger partial charge is 0.309 e. The molecule has 48 heavy (non-hydrogen) atoms. The number of nitrogens with one attached hydrogen (secondary N) is 1. The third-order valence-corrected chi connectivity index (χ3v) is 8.92. The van der Waals surface area contributed by atoms with E-state index >= 15 is 0 Å². The zero-order chi connectivity index (χ0) is 34.8. The van der Waals surface area contributed by atoms with Crippen molar-refractivity contribution >= 4 is 17.6 Å². The minimum absolute atomic E-state index is 0.0599. The van der Waals surface area contributed by atoms with Crippen LogP contribution in [-0.4, -0.2) is 39.5 Å². The average molecular weight is 655 g/mol. The van der Waals surface area contributed by atoms with Gasteiger partial charge in [-0.15, -0.1) is 0 Å². The van der Waals surface area contributed by atoms with E-state index < -0.39 is 29.2 Å². The van der Waals surface area contributed by atoms with Crippen LogP contribution in [0, 0.1) is 17.2 Å². The maximum Gasteiger partial charge on any atom is 0.309 e. The summed E-state index contributed by atoms with van der Waals surface area (Å²) in [5.74, 6) is -3.25. The summed E-state index contributed by atoms with van der Waals surface area (Å²) in [5, 5.41) is 13.3. The van der Waals surface area contributed by atoms with Gasteiger partial charge in [-0.05, 0) is 79.1 Å². The van der Waals surface area contributed by atoms with Gasteiger partial charge in [-0.3, -0.25) is 9.59 Å². The first-order valence-corrected chi connectivity index (χ1v) is 16.7. The van der Waals surface area contributed by atoms with Crippen molar-refractivity contribution in [3.63, 3.8) is 0 Å². The Bertz CT molecular complexity index is 1720. The number of carboxylic acid groups (broad SMARTS) is 1. The molecule has 0 aliphatic carbocycles. The molecule has 2 heterocycles. The quantitative estimate of drug-likeness (QED) is 0.178. The minimum atomic E-state index is -0.986. The zero-order valence-corrected chi connectivity index (χ0v) is 28.9. The monoisotopic (exact) mass is 654 g/mol. The highest BCUT2D eigenvalue weighted by atomic mass is 19.1. The summed E-state index contributed by atoms with van der Waals surface area (Å²) in [7, 11) is 0. The van der Waals surface area contributed by atoms with Crippen LogP contribution in [0.15, 0.2) is 84.9 Å². The molecule has 0 radical (unpaired) electrons. The fourth-order valence-corrected chi connectivity index (χ4v) is 7.10. The van der Waals surface area contributed by atoms with E-state index in [0.717, 1.165) is 28.1 Å². The average Bonchev–Trinajstić information content (AvgIpc) is 3.35. The van der Waals surface area contributed by atoms with Crippen LogP contribution in [0.5, 0.6) is 0 Å². The highest BCUT2D eigenvalue weighted by molar-refractivity contribution is 6.12. The van der Waals surface area contributed by atoms with Crippen LogP contribution >= 0.6 is 0 Å². The number of amides is 1. The molecule has 0 bridgehead atoms. The van der Waals surface area contributed by atoms with Gasteiger partial charge in [0.15, 0.2) is 5.79 Å². The fraction of sp³-hybridized carbons (Fsp3) is 0.400. The molecule has 1 aliphatic heterocycles. The summed E-state index contributed by atoms with van der Waals surface area (Å²) in [4.78, 5) is 26.8. The Kier molecular flexibility index (Phi) is 10.3. The van der Waals surface area contributed by atoms with Crippen LogP contribution in [0.4, 0.5) is 10.1 Å². The van der Waals surface area contributed by atoms with Crippen LogP contribution in [0.1, 0.15) is 83.3 Å². The second-order valence-corrected chi connectivity index (χ2v) is 14.5. The number of aliphatic carboxylic acids is 1. The van der Waals surface area contributed by atoms with Crippen molar-refractivity contribution in [3.8, 4) is 22.4 Å². The molecule has 3 aromatic carbocycles. The minimum Gasteiger partial charge on any atom is -0.481 e. The predicted molar refractivity (Wildman–Crippen MR) is 187 cm³/mol. The van der Waals surface area contributed by atoms with Crippen LogP contribution in [0.25, 0.3) is 22.4 Å². The number of rotatable bonds is 10. The van der Waals surface area contributed by atoms with Gasteiger partial charge in [-0.1, -0.05) is 83.1 Å². The Hall–Kier alpha value is -4.27. The Morgan fingerprint density at radius 1 is 0.938 bits per heavy atom. The lowest BCUT2D eigenvalue weighted by Gasteiger charge is -2.45. The van der Waals surface area contributed by atoms with E-state index in [-0.39, 0.29) is 23.7 Å². The molecule has 5 rings (SSSR count). The summed E-state index contributed by atoms with van der Waals surface area (Å²) in [6, 6.07) is 25.6. The van der Waals surface area contributed by atoms with Crippen LogP contribution in [-0.2, 0) is 20.8 Å². The van der Waals surface area contributed by atoms with E-state index in [1.165, 1.54) is 12.1 Å². The molecule has 254 valence electrons. The van der Waals surface area contributed by atoms with E-state index in [0.29, 0.717) is 30.6 Å². The Labute approximate surface area is 283 Å². The van der Waals surface area contributed by atoms with Gasteiger partial charge in [0.25, 0.3) is 5.91 Å². The van der Waals surface area contributed by atoms with Gasteiger partial charge >= 0.3 is 5.97 Å². The highest BCUT2D eigenvalue weighted by Gasteiger charge is 2.46. The molecular weight excluding hydrogens is 607 g/mol. The van der Waals surface area contributed by atoms with Gasteiger partial charge in [0, 0.05) is 29.9 Å². The van der Waals surface area contributed by atoms with E-state index in [4.69, 9.17) is 9.47 Å². The number of halogens is 1. The fourth-order valence-electron chi connectivity index (χ4n) is 7.10. The molecule has 1 amide bonds. The second-order valence-electron chi connectivity index (χ2n) is 14.5. The summed E-state index contributed by atoms with van der Waals surface area (Å²) in [6.07, 6.45) is 0.0905. The molecule has 1 saturated heterocycles. The van der Waals surface area contributed by atoms with Crippen molar-refractivity contribution in [2.24, 2.45) is 11.3 Å². The maximum absolute atomic E-state index is 14.4. The largest absolute Gasteiger partial charge is 0.481 e. The molecule has 1 aliphatic rings. The summed E-state index contributed by atoms with van der Waals surface area (Å²) in [6.45, 7) is 14.0. The first-order chi connectivity index (χ1) is 22.7. The topological polar surface area (TPSA) is 89.8 Å².